The summed E-state index contributed by atoms with van der Waals surface area (Å²) >= 11 is 1.79. The largest absolute Gasteiger partial charge is 0.290 e. The van der Waals surface area contributed by atoms with Crippen molar-refractivity contribution < 1.29 is 0 Å². The van der Waals surface area contributed by atoms with Crippen LogP contribution in [0.3, 0.4) is 0 Å². The molecule has 0 amide bonds. The van der Waals surface area contributed by atoms with Gasteiger partial charge >= 0.3 is 0 Å². The van der Waals surface area contributed by atoms with Crippen LogP contribution in [-0.4, -0.2) is 9.38 Å². The van der Waals surface area contributed by atoms with Crippen LogP contribution >= 0.6 is 11.3 Å². The zero-order chi connectivity index (χ0) is 12.7. The van der Waals surface area contributed by atoms with E-state index in [1.807, 2.05) is 0 Å². The minimum absolute atomic E-state index is 0.583. The second kappa shape index (κ2) is 4.39. The molecular weight excluding hydrogens is 240 g/mol. The first-order valence-corrected chi connectivity index (χ1v) is 7.41. The standard InChI is InChI=1S/C15H18N2S/c1-4-5-12-9-17-13-7-6-11(10(2)3)8-14(13)18-15(17)16-12/h6-10H,4-5H2,1-3H3. The molecule has 0 unspecified atom stereocenters. The number of thiazole rings is 1. The summed E-state index contributed by atoms with van der Waals surface area (Å²) in [5.41, 5.74) is 3.90. The Balaban J connectivity index is 2.17. The Bertz CT molecular complexity index is 691. The van der Waals surface area contributed by atoms with Crippen molar-refractivity contribution in [3.63, 3.8) is 0 Å². The van der Waals surface area contributed by atoms with Crippen LogP contribution in [0.5, 0.6) is 0 Å². The molecule has 0 bridgehead atoms. The van der Waals surface area contributed by atoms with Crippen LogP contribution in [0.25, 0.3) is 15.2 Å². The van der Waals surface area contributed by atoms with Gasteiger partial charge in [0.05, 0.1) is 15.9 Å². The maximum absolute atomic E-state index is 4.70. The fraction of sp³-hybridized carbons (Fsp3) is 0.400. The van der Waals surface area contributed by atoms with Gasteiger partial charge in [0.1, 0.15) is 0 Å². The molecule has 0 atom stereocenters. The van der Waals surface area contributed by atoms with Crippen molar-refractivity contribution in [2.75, 3.05) is 0 Å². The predicted molar refractivity (Wildman–Crippen MR) is 78.7 cm³/mol. The van der Waals surface area contributed by atoms with Crippen LogP contribution in [0.2, 0.25) is 0 Å². The Morgan fingerprint density at radius 3 is 2.89 bits per heavy atom. The van der Waals surface area contributed by atoms with Gasteiger partial charge in [-0.2, -0.15) is 0 Å². The molecule has 2 aromatic heterocycles. The SMILES string of the molecule is CCCc1cn2c(n1)sc1cc(C(C)C)ccc12. The summed E-state index contributed by atoms with van der Waals surface area (Å²) in [7, 11) is 0. The van der Waals surface area contributed by atoms with E-state index in [1.165, 1.54) is 21.5 Å². The first-order valence-electron chi connectivity index (χ1n) is 6.59. The monoisotopic (exact) mass is 258 g/mol. The molecule has 1 aromatic carbocycles. The molecule has 0 spiro atoms. The van der Waals surface area contributed by atoms with E-state index in [4.69, 9.17) is 4.98 Å². The first kappa shape index (κ1) is 11.7. The normalized spacial score (nSPS) is 12.0. The molecule has 0 aliphatic heterocycles. The summed E-state index contributed by atoms with van der Waals surface area (Å²) in [6.45, 7) is 6.67. The highest BCUT2D eigenvalue weighted by atomic mass is 32.1. The average Bonchev–Trinajstić information content (AvgIpc) is 2.85. The fourth-order valence-corrected chi connectivity index (χ4v) is 3.37. The molecule has 0 saturated heterocycles. The summed E-state index contributed by atoms with van der Waals surface area (Å²) in [6.07, 6.45) is 4.41. The number of hydrogen-bond donors (Lipinski definition) is 0. The lowest BCUT2D eigenvalue weighted by atomic mass is 10.0. The van der Waals surface area contributed by atoms with E-state index in [9.17, 15) is 0 Å². The molecule has 94 valence electrons. The predicted octanol–water partition coefficient (Wildman–Crippen LogP) is 4.62. The summed E-state index contributed by atoms with van der Waals surface area (Å²) in [6, 6.07) is 6.77. The van der Waals surface area contributed by atoms with Crippen LogP contribution in [0, 0.1) is 0 Å². The third-order valence-electron chi connectivity index (χ3n) is 3.34. The number of hydrogen-bond acceptors (Lipinski definition) is 2. The maximum Gasteiger partial charge on any atom is 0.194 e. The summed E-state index contributed by atoms with van der Waals surface area (Å²) in [5, 5.41) is 0. The van der Waals surface area contributed by atoms with Crippen LogP contribution < -0.4 is 0 Å². The number of nitrogens with zero attached hydrogens (tertiary/aromatic N) is 2. The molecule has 3 aromatic rings. The molecule has 2 nitrogen and oxygen atoms in total. The minimum Gasteiger partial charge on any atom is -0.290 e. The lowest BCUT2D eigenvalue weighted by molar-refractivity contribution is 0.869. The zero-order valence-electron chi connectivity index (χ0n) is 11.1. The van der Waals surface area contributed by atoms with Gasteiger partial charge in [-0.05, 0) is 30.0 Å². The second-order valence-corrected chi connectivity index (χ2v) is 6.13. The van der Waals surface area contributed by atoms with Crippen molar-refractivity contribution in [1.82, 2.24) is 9.38 Å². The summed E-state index contributed by atoms with van der Waals surface area (Å²) < 4.78 is 3.57. The van der Waals surface area contributed by atoms with Crippen LogP contribution in [-0.2, 0) is 6.42 Å². The quantitative estimate of drug-likeness (QED) is 0.669. The highest BCUT2D eigenvalue weighted by molar-refractivity contribution is 7.23. The average molecular weight is 258 g/mol. The minimum atomic E-state index is 0.583. The van der Waals surface area contributed by atoms with Crippen LogP contribution in [0.1, 0.15) is 44.4 Å². The van der Waals surface area contributed by atoms with Crippen molar-refractivity contribution in [3.8, 4) is 0 Å². The summed E-state index contributed by atoms with van der Waals surface area (Å²) in [4.78, 5) is 5.82. The molecule has 0 radical (unpaired) electrons. The number of benzene rings is 1. The maximum atomic E-state index is 4.70. The third kappa shape index (κ3) is 1.83. The van der Waals surface area contributed by atoms with Crippen molar-refractivity contribution in [1.29, 1.82) is 0 Å². The van der Waals surface area contributed by atoms with E-state index in [0.717, 1.165) is 17.8 Å². The number of rotatable bonds is 3. The van der Waals surface area contributed by atoms with Crippen molar-refractivity contribution >= 4 is 26.5 Å². The van der Waals surface area contributed by atoms with Crippen molar-refractivity contribution in [2.24, 2.45) is 0 Å². The molecule has 2 heterocycles. The van der Waals surface area contributed by atoms with Gasteiger partial charge in [-0.1, -0.05) is 44.6 Å². The second-order valence-electron chi connectivity index (χ2n) is 5.12. The molecule has 0 aliphatic carbocycles. The van der Waals surface area contributed by atoms with Gasteiger partial charge < -0.3 is 0 Å². The van der Waals surface area contributed by atoms with E-state index >= 15 is 0 Å². The zero-order valence-corrected chi connectivity index (χ0v) is 11.9. The number of aromatic nitrogens is 2. The van der Waals surface area contributed by atoms with E-state index in [1.54, 1.807) is 11.3 Å². The molecule has 3 heteroatoms. The van der Waals surface area contributed by atoms with Crippen molar-refractivity contribution in [2.45, 2.75) is 39.5 Å². The Morgan fingerprint density at radius 2 is 2.17 bits per heavy atom. The van der Waals surface area contributed by atoms with Gasteiger partial charge in [-0.15, -0.1) is 0 Å². The topological polar surface area (TPSA) is 17.3 Å². The van der Waals surface area contributed by atoms with Gasteiger partial charge in [0.15, 0.2) is 4.96 Å². The van der Waals surface area contributed by atoms with Gasteiger partial charge in [0, 0.05) is 6.20 Å². The van der Waals surface area contributed by atoms with Gasteiger partial charge in [-0.25, -0.2) is 4.98 Å². The first-order chi connectivity index (χ1) is 8.69. The molecule has 0 aliphatic rings. The van der Waals surface area contributed by atoms with Gasteiger partial charge in [-0.3, -0.25) is 4.40 Å². The van der Waals surface area contributed by atoms with E-state index in [2.05, 4.69) is 49.6 Å². The molecule has 0 N–H and O–H groups in total. The van der Waals surface area contributed by atoms with Crippen LogP contribution in [0.4, 0.5) is 0 Å². The number of fused-ring (bicyclic) bond motifs is 3. The fourth-order valence-electron chi connectivity index (χ4n) is 2.30. The molecule has 0 fully saturated rings. The van der Waals surface area contributed by atoms with Gasteiger partial charge in [0.2, 0.25) is 0 Å². The number of aryl methyl sites for hydroxylation is 1. The lowest BCUT2D eigenvalue weighted by Crippen LogP contribution is -1.86. The Morgan fingerprint density at radius 1 is 1.33 bits per heavy atom. The third-order valence-corrected chi connectivity index (χ3v) is 4.36. The van der Waals surface area contributed by atoms with E-state index in [0.29, 0.717) is 5.92 Å². The Labute approximate surface area is 111 Å². The molecule has 0 saturated carbocycles. The molecule has 3 rings (SSSR count). The molecule has 18 heavy (non-hydrogen) atoms. The Kier molecular flexibility index (Phi) is 2.86. The summed E-state index contributed by atoms with van der Waals surface area (Å²) in [5.74, 6) is 0.583. The van der Waals surface area contributed by atoms with Gasteiger partial charge in [0.25, 0.3) is 0 Å². The van der Waals surface area contributed by atoms with E-state index < -0.39 is 0 Å². The molecular formula is C15H18N2S. The van der Waals surface area contributed by atoms with Crippen molar-refractivity contribution in [3.05, 3.63) is 35.7 Å². The highest BCUT2D eigenvalue weighted by Gasteiger charge is 2.09. The Hall–Kier alpha value is -1.35. The smallest absolute Gasteiger partial charge is 0.194 e. The highest BCUT2D eigenvalue weighted by Crippen LogP contribution is 2.29. The lowest BCUT2D eigenvalue weighted by Gasteiger charge is -2.04. The van der Waals surface area contributed by atoms with E-state index in [-0.39, 0.29) is 0 Å². The van der Waals surface area contributed by atoms with Crippen LogP contribution in [0.15, 0.2) is 24.4 Å². The number of imidazole rings is 1.